The average Bonchev–Trinajstić information content (AvgIpc) is 2.37. The van der Waals surface area contributed by atoms with Gasteiger partial charge in [0.1, 0.15) is 5.82 Å². The molecule has 1 unspecified atom stereocenters. The summed E-state index contributed by atoms with van der Waals surface area (Å²) in [7, 11) is 0. The standard InChI is InChI=1S/C13H16Br2FNO/c1-9(8-14)4-3-7-17-13(18)10-5-2-6-11(16)12(10)15/h2,5-6,9H,3-4,7-8H2,1H3,(H,17,18). The molecule has 0 aromatic heterocycles. The van der Waals surface area contributed by atoms with E-state index in [0.717, 1.165) is 18.2 Å². The van der Waals surface area contributed by atoms with Gasteiger partial charge < -0.3 is 5.32 Å². The zero-order chi connectivity index (χ0) is 13.5. The fraction of sp³-hybridized carbons (Fsp3) is 0.462. The Kier molecular flexibility index (Phi) is 6.86. The van der Waals surface area contributed by atoms with Gasteiger partial charge in [-0.3, -0.25) is 4.79 Å². The van der Waals surface area contributed by atoms with Crippen LogP contribution < -0.4 is 5.32 Å². The molecule has 1 amide bonds. The number of carbonyl (C=O) groups is 1. The highest BCUT2D eigenvalue weighted by Crippen LogP contribution is 2.20. The molecule has 100 valence electrons. The van der Waals surface area contributed by atoms with E-state index in [1.165, 1.54) is 12.1 Å². The third-order valence-electron chi connectivity index (χ3n) is 2.62. The molecule has 1 aromatic rings. The monoisotopic (exact) mass is 379 g/mol. The minimum Gasteiger partial charge on any atom is -0.352 e. The fourth-order valence-corrected chi connectivity index (χ4v) is 2.27. The van der Waals surface area contributed by atoms with E-state index in [2.05, 4.69) is 44.1 Å². The van der Waals surface area contributed by atoms with Crippen LogP contribution in [0.15, 0.2) is 22.7 Å². The quantitative estimate of drug-likeness (QED) is 0.583. The summed E-state index contributed by atoms with van der Waals surface area (Å²) < 4.78 is 13.5. The van der Waals surface area contributed by atoms with Crippen molar-refractivity contribution in [2.24, 2.45) is 5.92 Å². The van der Waals surface area contributed by atoms with Crippen LogP contribution in [0.2, 0.25) is 0 Å². The Morgan fingerprint density at radius 1 is 1.50 bits per heavy atom. The van der Waals surface area contributed by atoms with Crippen LogP contribution in [0.1, 0.15) is 30.1 Å². The zero-order valence-electron chi connectivity index (χ0n) is 10.2. The molecule has 0 heterocycles. The first-order chi connectivity index (χ1) is 8.56. The molecule has 0 aliphatic heterocycles. The van der Waals surface area contributed by atoms with E-state index in [9.17, 15) is 9.18 Å². The molecule has 18 heavy (non-hydrogen) atoms. The Labute approximate surface area is 124 Å². The third-order valence-corrected chi connectivity index (χ3v) is 4.53. The predicted octanol–water partition coefficient (Wildman–Crippen LogP) is 4.13. The molecule has 0 saturated heterocycles. The number of rotatable bonds is 6. The molecule has 1 rings (SSSR count). The van der Waals surface area contributed by atoms with Gasteiger partial charge in [-0.2, -0.15) is 0 Å². The third kappa shape index (κ3) is 4.69. The van der Waals surface area contributed by atoms with Gasteiger partial charge >= 0.3 is 0 Å². The summed E-state index contributed by atoms with van der Waals surface area (Å²) in [6.45, 7) is 2.76. The Balaban J connectivity index is 2.44. The van der Waals surface area contributed by atoms with Gasteiger partial charge in [-0.1, -0.05) is 28.9 Å². The van der Waals surface area contributed by atoms with Crippen LogP contribution in [0.4, 0.5) is 4.39 Å². The summed E-state index contributed by atoms with van der Waals surface area (Å²) in [5.41, 5.74) is 0.337. The van der Waals surface area contributed by atoms with Crippen LogP contribution in [-0.4, -0.2) is 17.8 Å². The minimum atomic E-state index is -0.421. The van der Waals surface area contributed by atoms with Crippen molar-refractivity contribution in [1.82, 2.24) is 5.32 Å². The summed E-state index contributed by atoms with van der Waals surface area (Å²) in [6.07, 6.45) is 1.97. The number of carbonyl (C=O) groups excluding carboxylic acids is 1. The van der Waals surface area contributed by atoms with E-state index in [1.54, 1.807) is 6.07 Å². The Morgan fingerprint density at radius 3 is 2.89 bits per heavy atom. The van der Waals surface area contributed by atoms with Gasteiger partial charge in [-0.25, -0.2) is 4.39 Å². The molecular weight excluding hydrogens is 365 g/mol. The molecule has 0 aliphatic rings. The molecule has 1 aromatic carbocycles. The average molecular weight is 381 g/mol. The zero-order valence-corrected chi connectivity index (χ0v) is 13.4. The van der Waals surface area contributed by atoms with Crippen molar-refractivity contribution in [2.45, 2.75) is 19.8 Å². The molecule has 1 N–H and O–H groups in total. The van der Waals surface area contributed by atoms with Gasteiger partial charge in [0.05, 0.1) is 10.0 Å². The normalized spacial score (nSPS) is 12.2. The van der Waals surface area contributed by atoms with Crippen molar-refractivity contribution >= 4 is 37.8 Å². The molecular formula is C13H16Br2FNO. The lowest BCUT2D eigenvalue weighted by molar-refractivity contribution is 0.0951. The van der Waals surface area contributed by atoms with E-state index in [4.69, 9.17) is 0 Å². The largest absolute Gasteiger partial charge is 0.352 e. The second-order valence-electron chi connectivity index (χ2n) is 4.26. The smallest absolute Gasteiger partial charge is 0.252 e. The lowest BCUT2D eigenvalue weighted by atomic mass is 10.1. The van der Waals surface area contributed by atoms with Gasteiger partial charge in [-0.05, 0) is 46.8 Å². The molecule has 0 fully saturated rings. The molecule has 0 radical (unpaired) electrons. The Bertz CT molecular complexity index is 412. The lowest BCUT2D eigenvalue weighted by Gasteiger charge is -2.09. The highest BCUT2D eigenvalue weighted by molar-refractivity contribution is 9.10. The van der Waals surface area contributed by atoms with Gasteiger partial charge in [0.2, 0.25) is 0 Å². The van der Waals surface area contributed by atoms with E-state index in [-0.39, 0.29) is 10.4 Å². The van der Waals surface area contributed by atoms with E-state index >= 15 is 0 Å². The maximum Gasteiger partial charge on any atom is 0.252 e. The van der Waals surface area contributed by atoms with Crippen LogP contribution in [0, 0.1) is 11.7 Å². The van der Waals surface area contributed by atoms with Crippen molar-refractivity contribution < 1.29 is 9.18 Å². The second-order valence-corrected chi connectivity index (χ2v) is 5.70. The van der Waals surface area contributed by atoms with Gasteiger partial charge in [0.25, 0.3) is 5.91 Å². The molecule has 1 atom stereocenters. The molecule has 0 aliphatic carbocycles. The van der Waals surface area contributed by atoms with Crippen molar-refractivity contribution in [1.29, 1.82) is 0 Å². The summed E-state index contributed by atoms with van der Waals surface area (Å²) in [4.78, 5) is 11.8. The summed E-state index contributed by atoms with van der Waals surface area (Å²) >= 11 is 6.50. The highest BCUT2D eigenvalue weighted by atomic mass is 79.9. The van der Waals surface area contributed by atoms with Crippen molar-refractivity contribution in [3.05, 3.63) is 34.1 Å². The predicted molar refractivity (Wildman–Crippen MR) is 78.6 cm³/mol. The van der Waals surface area contributed by atoms with Gasteiger partial charge in [-0.15, -0.1) is 0 Å². The topological polar surface area (TPSA) is 29.1 Å². The van der Waals surface area contributed by atoms with Crippen LogP contribution >= 0.6 is 31.9 Å². The van der Waals surface area contributed by atoms with Crippen LogP contribution in [-0.2, 0) is 0 Å². The van der Waals surface area contributed by atoms with E-state index < -0.39 is 5.82 Å². The summed E-state index contributed by atoms with van der Waals surface area (Å²) in [5, 5.41) is 3.76. The minimum absolute atomic E-state index is 0.219. The SMILES string of the molecule is CC(CBr)CCCNC(=O)c1cccc(F)c1Br. The maximum atomic E-state index is 13.2. The summed E-state index contributed by atoms with van der Waals surface area (Å²) in [5.74, 6) is -0.0637. The fourth-order valence-electron chi connectivity index (χ4n) is 1.50. The maximum absolute atomic E-state index is 13.2. The van der Waals surface area contributed by atoms with Crippen molar-refractivity contribution in [3.8, 4) is 0 Å². The van der Waals surface area contributed by atoms with E-state index in [1.807, 2.05) is 0 Å². The van der Waals surface area contributed by atoms with Gasteiger partial charge in [0.15, 0.2) is 0 Å². The number of alkyl halides is 1. The molecule has 2 nitrogen and oxygen atoms in total. The Hall–Kier alpha value is -0.420. The number of hydrogen-bond donors (Lipinski definition) is 1. The molecule has 5 heteroatoms. The van der Waals surface area contributed by atoms with Crippen LogP contribution in [0.3, 0.4) is 0 Å². The number of nitrogens with one attached hydrogen (secondary N) is 1. The molecule has 0 bridgehead atoms. The van der Waals surface area contributed by atoms with E-state index in [0.29, 0.717) is 18.0 Å². The molecule has 0 spiro atoms. The summed E-state index contributed by atoms with van der Waals surface area (Å²) in [6, 6.07) is 4.45. The first-order valence-electron chi connectivity index (χ1n) is 5.84. The van der Waals surface area contributed by atoms with Crippen molar-refractivity contribution in [3.63, 3.8) is 0 Å². The number of hydrogen-bond acceptors (Lipinski definition) is 1. The lowest BCUT2D eigenvalue weighted by Crippen LogP contribution is -2.25. The van der Waals surface area contributed by atoms with Crippen LogP contribution in [0.5, 0.6) is 0 Å². The highest BCUT2D eigenvalue weighted by Gasteiger charge is 2.12. The first-order valence-corrected chi connectivity index (χ1v) is 7.76. The number of halogens is 3. The number of benzene rings is 1. The second kappa shape index (κ2) is 7.89. The first kappa shape index (κ1) is 15.6. The van der Waals surface area contributed by atoms with Crippen molar-refractivity contribution in [2.75, 3.05) is 11.9 Å². The van der Waals surface area contributed by atoms with Gasteiger partial charge in [0, 0.05) is 11.9 Å². The van der Waals surface area contributed by atoms with Crippen LogP contribution in [0.25, 0.3) is 0 Å². The molecule has 0 saturated carbocycles. The Morgan fingerprint density at radius 2 is 2.22 bits per heavy atom. The number of amides is 1.